The summed E-state index contributed by atoms with van der Waals surface area (Å²) in [5.74, 6) is -0.864. The van der Waals surface area contributed by atoms with Gasteiger partial charge in [0.1, 0.15) is 18.5 Å². The number of alkyl carbamates (subject to hydrolysis) is 1. The number of hydrogen-bond donors (Lipinski definition) is 4. The van der Waals surface area contributed by atoms with Gasteiger partial charge < -0.3 is 25.6 Å². The van der Waals surface area contributed by atoms with Crippen LogP contribution in [-0.2, 0) is 23.3 Å². The summed E-state index contributed by atoms with van der Waals surface area (Å²) in [6, 6.07) is 1.38. The molecular formula is C16H23BN4O9P+. The minimum absolute atomic E-state index is 0.0108. The number of anilines is 1. The van der Waals surface area contributed by atoms with Gasteiger partial charge in [-0.1, -0.05) is 6.42 Å². The Bertz CT molecular complexity index is 870. The molecule has 0 spiro atoms. The van der Waals surface area contributed by atoms with Crippen LogP contribution < -0.4 is 16.7 Å². The molecular weight excluding hydrogens is 434 g/mol. The number of carbonyl (C=O) groups is 2. The lowest BCUT2D eigenvalue weighted by Crippen LogP contribution is -2.45. The highest BCUT2D eigenvalue weighted by Crippen LogP contribution is 2.58. The minimum Gasteiger partial charge on any atom is -0.481 e. The Morgan fingerprint density at radius 3 is 2.90 bits per heavy atom. The van der Waals surface area contributed by atoms with Crippen molar-refractivity contribution in [3.05, 3.63) is 22.7 Å². The zero-order chi connectivity index (χ0) is 22.6. The topological polar surface area (TPSA) is 184 Å². The van der Waals surface area contributed by atoms with Crippen LogP contribution >= 0.6 is 7.82 Å². The molecule has 1 amide bonds. The number of rotatable bonds is 8. The third-order valence-corrected chi connectivity index (χ3v) is 5.75. The number of aliphatic carboxylic acids is 1. The molecule has 0 aromatic carbocycles. The molecule has 0 saturated carbocycles. The predicted molar refractivity (Wildman–Crippen MR) is 107 cm³/mol. The number of unbranched alkanes of at least 4 members (excludes halogenated alkanes) is 2. The molecule has 2 aliphatic rings. The van der Waals surface area contributed by atoms with Crippen LogP contribution in [0.25, 0.3) is 0 Å². The fraction of sp³-hybridized carbons (Fsp3) is 0.625. The molecule has 13 nitrogen and oxygen atoms in total. The number of nitrogen functional groups attached to an aromatic ring is 1. The third-order valence-electron chi connectivity index (χ3n) is 4.69. The van der Waals surface area contributed by atoms with Gasteiger partial charge in [0, 0.05) is 19.2 Å². The van der Waals surface area contributed by atoms with Crippen LogP contribution in [0.3, 0.4) is 0 Å². The number of ether oxygens (including phenoxy) is 2. The van der Waals surface area contributed by atoms with Crippen LogP contribution in [0, 0.1) is 0 Å². The summed E-state index contributed by atoms with van der Waals surface area (Å²) in [4.78, 5) is 48.7. The molecule has 2 aliphatic heterocycles. The van der Waals surface area contributed by atoms with Gasteiger partial charge in [-0.05, 0) is 18.9 Å². The first-order chi connectivity index (χ1) is 14.7. The van der Waals surface area contributed by atoms with E-state index in [1.165, 1.54) is 12.3 Å². The molecule has 2 radical (unpaired) electrons. The van der Waals surface area contributed by atoms with Crippen molar-refractivity contribution in [2.45, 2.75) is 50.2 Å². The molecule has 3 rings (SSSR count). The Balaban J connectivity index is 1.66. The summed E-state index contributed by atoms with van der Waals surface area (Å²) >= 11 is 0. The molecule has 168 valence electrons. The molecule has 2 fully saturated rings. The van der Waals surface area contributed by atoms with E-state index in [-0.39, 0.29) is 25.4 Å². The van der Waals surface area contributed by atoms with Crippen LogP contribution in [0.1, 0.15) is 31.9 Å². The van der Waals surface area contributed by atoms with Crippen molar-refractivity contribution in [1.82, 2.24) is 14.9 Å². The zero-order valence-corrected chi connectivity index (χ0v) is 17.3. The zero-order valence-electron chi connectivity index (χ0n) is 16.5. The SMILES string of the molecule is [B][P+]1(O)OC[C@H]2O[C@@H](n3ccc(N)nc3=O)C(OC(=O)NCCCCCC(=O)O)[C@@H]2O1. The highest BCUT2D eigenvalue weighted by Gasteiger charge is 2.59. The molecule has 5 atom stereocenters. The molecule has 1 aromatic heterocycles. The molecule has 3 heterocycles. The van der Waals surface area contributed by atoms with Gasteiger partial charge in [-0.25, -0.2) is 14.5 Å². The van der Waals surface area contributed by atoms with Crippen molar-refractivity contribution in [2.24, 2.45) is 0 Å². The first kappa shape index (κ1) is 23.4. The standard InChI is InChI=1S/C16H23BN4O9P/c17-31(26)27-8-9-12(30-31)13(14(28-9)21-7-5-10(18)20-15(21)24)29-16(25)19-6-3-1-2-4-11(22)23/h5,7,9,12-14,26H,1-4,6,8H2,(H,19,25)(H,22,23)(H2,18,20,24)/q+1/t9-,12-,13?,14-,31?/m1/s1. The van der Waals surface area contributed by atoms with Crippen molar-refractivity contribution in [3.8, 4) is 0 Å². The lowest BCUT2D eigenvalue weighted by Gasteiger charge is -2.29. The minimum atomic E-state index is -3.63. The number of nitrogens with one attached hydrogen (secondary N) is 1. The van der Waals surface area contributed by atoms with E-state index in [1.54, 1.807) is 0 Å². The Labute approximate surface area is 178 Å². The summed E-state index contributed by atoms with van der Waals surface area (Å²) in [6.45, 7) is 0.135. The van der Waals surface area contributed by atoms with E-state index in [2.05, 4.69) is 10.3 Å². The summed E-state index contributed by atoms with van der Waals surface area (Å²) in [5.41, 5.74) is 4.79. The molecule has 0 aliphatic carbocycles. The maximum absolute atomic E-state index is 12.3. The van der Waals surface area contributed by atoms with Gasteiger partial charge in [0.15, 0.2) is 18.4 Å². The quantitative estimate of drug-likeness (QED) is 0.229. The van der Waals surface area contributed by atoms with Gasteiger partial charge in [0.2, 0.25) is 0 Å². The van der Waals surface area contributed by atoms with Gasteiger partial charge >= 0.3 is 33.1 Å². The fourth-order valence-electron chi connectivity index (χ4n) is 3.26. The lowest BCUT2D eigenvalue weighted by molar-refractivity contribution is -0.137. The number of carboxylic acids is 1. The summed E-state index contributed by atoms with van der Waals surface area (Å²) in [6.07, 6.45) is -1.73. The summed E-state index contributed by atoms with van der Waals surface area (Å²) < 4.78 is 22.8. The van der Waals surface area contributed by atoms with Crippen molar-refractivity contribution in [1.29, 1.82) is 0 Å². The van der Waals surface area contributed by atoms with Crippen molar-refractivity contribution < 1.29 is 38.1 Å². The summed E-state index contributed by atoms with van der Waals surface area (Å²) in [5, 5.41) is 11.2. The van der Waals surface area contributed by atoms with E-state index < -0.39 is 50.1 Å². The van der Waals surface area contributed by atoms with Crippen LogP contribution in [0.2, 0.25) is 0 Å². The van der Waals surface area contributed by atoms with Gasteiger partial charge in [-0.15, -0.1) is 0 Å². The second-order valence-electron chi connectivity index (χ2n) is 7.04. The number of nitrogens with two attached hydrogens (primary N) is 1. The second-order valence-corrected chi connectivity index (χ2v) is 8.64. The van der Waals surface area contributed by atoms with Crippen LogP contribution in [0.5, 0.6) is 0 Å². The average Bonchev–Trinajstić information content (AvgIpc) is 3.00. The molecule has 15 heteroatoms. The van der Waals surface area contributed by atoms with E-state index in [0.29, 0.717) is 19.3 Å². The Hall–Kier alpha value is -2.25. The average molecular weight is 457 g/mol. The van der Waals surface area contributed by atoms with Crippen molar-refractivity contribution in [2.75, 3.05) is 18.9 Å². The Morgan fingerprint density at radius 1 is 1.42 bits per heavy atom. The molecule has 5 N–H and O–H groups in total. The van der Waals surface area contributed by atoms with Crippen LogP contribution in [0.15, 0.2) is 17.1 Å². The number of nitrogens with zero attached hydrogens (tertiary/aromatic N) is 2. The molecule has 1 aromatic rings. The van der Waals surface area contributed by atoms with E-state index >= 15 is 0 Å². The molecule has 2 saturated heterocycles. The highest BCUT2D eigenvalue weighted by atomic mass is 31.2. The van der Waals surface area contributed by atoms with E-state index in [1.807, 2.05) is 0 Å². The van der Waals surface area contributed by atoms with Gasteiger partial charge in [-0.2, -0.15) is 14.0 Å². The second kappa shape index (κ2) is 9.92. The Morgan fingerprint density at radius 2 is 2.19 bits per heavy atom. The maximum atomic E-state index is 12.3. The van der Waals surface area contributed by atoms with Crippen LogP contribution in [-0.4, -0.2) is 70.6 Å². The van der Waals surface area contributed by atoms with Crippen molar-refractivity contribution >= 4 is 33.3 Å². The normalized spacial score (nSPS) is 29.8. The third kappa shape index (κ3) is 6.14. The largest absolute Gasteiger partial charge is 0.488 e. The Kier molecular flexibility index (Phi) is 7.49. The number of carboxylic acid groups (broad SMARTS) is 1. The van der Waals surface area contributed by atoms with Gasteiger partial charge in [0.05, 0.1) is 0 Å². The number of fused-ring (bicyclic) bond motifs is 1. The monoisotopic (exact) mass is 457 g/mol. The number of amides is 1. The first-order valence-corrected chi connectivity index (χ1v) is 11.2. The number of carbonyl (C=O) groups excluding carboxylic acids is 1. The molecule has 0 bridgehead atoms. The fourth-order valence-corrected chi connectivity index (χ4v) is 4.28. The maximum Gasteiger partial charge on any atom is 0.488 e. The molecule has 2 unspecified atom stereocenters. The van der Waals surface area contributed by atoms with Gasteiger partial charge in [0.25, 0.3) is 0 Å². The smallest absolute Gasteiger partial charge is 0.481 e. The number of hydrogen-bond acceptors (Lipinski definition) is 10. The molecule has 31 heavy (non-hydrogen) atoms. The van der Waals surface area contributed by atoms with Crippen molar-refractivity contribution in [3.63, 3.8) is 0 Å². The highest BCUT2D eigenvalue weighted by molar-refractivity contribution is 7.85. The summed E-state index contributed by atoms with van der Waals surface area (Å²) in [7, 11) is 1.95. The van der Waals surface area contributed by atoms with Gasteiger partial charge in [-0.3, -0.25) is 9.36 Å². The number of aromatic nitrogens is 2. The first-order valence-electron chi connectivity index (χ1n) is 9.56. The van der Waals surface area contributed by atoms with E-state index in [9.17, 15) is 19.3 Å². The lowest BCUT2D eigenvalue weighted by atomic mass is 10.1. The van der Waals surface area contributed by atoms with E-state index in [4.69, 9.17) is 36.9 Å². The van der Waals surface area contributed by atoms with E-state index in [0.717, 1.165) is 4.57 Å². The van der Waals surface area contributed by atoms with Crippen LogP contribution in [0.4, 0.5) is 10.6 Å². The predicted octanol–water partition coefficient (Wildman–Crippen LogP) is -0.283.